The molecule has 0 spiro atoms. The highest BCUT2D eigenvalue weighted by Gasteiger charge is 2.44. The molecule has 20 heavy (non-hydrogen) atoms. The molecule has 108 valence electrons. The number of rotatable bonds is 2. The zero-order chi connectivity index (χ0) is 14.0. The van der Waals surface area contributed by atoms with Crippen LogP contribution in [0, 0.1) is 0 Å². The summed E-state index contributed by atoms with van der Waals surface area (Å²) in [6, 6.07) is 4.02. The molecule has 1 fully saturated rings. The van der Waals surface area contributed by atoms with Gasteiger partial charge in [-0.15, -0.1) is 11.3 Å². The highest BCUT2D eigenvalue weighted by Crippen LogP contribution is 2.30. The Hall–Kier alpha value is -1.36. The molecule has 3 heterocycles. The molecule has 1 atom stereocenters. The van der Waals surface area contributed by atoms with E-state index in [0.29, 0.717) is 6.42 Å². The highest BCUT2D eigenvalue weighted by atomic mass is 32.1. The zero-order valence-corrected chi connectivity index (χ0v) is 12.6. The Balaban J connectivity index is 1.69. The largest absolute Gasteiger partial charge is 0.379 e. The lowest BCUT2D eigenvalue weighted by molar-refractivity contribution is -0.153. The van der Waals surface area contributed by atoms with Crippen LogP contribution in [0.25, 0.3) is 0 Å². The molecule has 0 bridgehead atoms. The maximum Gasteiger partial charge on any atom is 0.269 e. The first-order valence-electron chi connectivity index (χ1n) is 7.27. The van der Waals surface area contributed by atoms with Gasteiger partial charge in [0.1, 0.15) is 5.71 Å². The summed E-state index contributed by atoms with van der Waals surface area (Å²) in [4.78, 5) is 21.3. The normalized spacial score (nSPS) is 26.9. The summed E-state index contributed by atoms with van der Waals surface area (Å²) in [5.74, 6) is 0.0923. The number of nitrogens with zero attached hydrogens (tertiary/aromatic N) is 2. The fraction of sp³-hybridized carbons (Fsp3) is 0.600. The molecule has 0 aliphatic carbocycles. The Kier molecular flexibility index (Phi) is 3.78. The Morgan fingerprint density at radius 3 is 2.75 bits per heavy atom. The fourth-order valence-corrected chi connectivity index (χ4v) is 3.54. The molecule has 0 radical (unpaired) electrons. The van der Waals surface area contributed by atoms with Gasteiger partial charge in [-0.3, -0.25) is 4.79 Å². The van der Waals surface area contributed by atoms with E-state index in [9.17, 15) is 4.79 Å². The van der Waals surface area contributed by atoms with E-state index in [1.807, 2.05) is 29.3 Å². The third kappa shape index (κ3) is 2.59. The molecule has 0 aromatic carbocycles. The molecule has 1 saturated heterocycles. The number of hydrogen-bond donors (Lipinski definition) is 0. The second-order valence-electron chi connectivity index (χ2n) is 5.72. The van der Waals surface area contributed by atoms with E-state index in [2.05, 4.69) is 5.16 Å². The van der Waals surface area contributed by atoms with E-state index in [4.69, 9.17) is 4.84 Å². The summed E-state index contributed by atoms with van der Waals surface area (Å²) >= 11 is 1.64. The van der Waals surface area contributed by atoms with E-state index >= 15 is 0 Å². The second kappa shape index (κ2) is 5.56. The molecule has 0 N–H and O–H groups in total. The van der Waals surface area contributed by atoms with E-state index in [0.717, 1.165) is 36.5 Å². The highest BCUT2D eigenvalue weighted by molar-refractivity contribution is 7.12. The van der Waals surface area contributed by atoms with Crippen molar-refractivity contribution in [1.29, 1.82) is 0 Å². The monoisotopic (exact) mass is 292 g/mol. The second-order valence-corrected chi connectivity index (χ2v) is 6.67. The minimum absolute atomic E-state index is 0.0923. The fourth-order valence-electron chi connectivity index (χ4n) is 2.84. The number of oxime groups is 1. The van der Waals surface area contributed by atoms with Gasteiger partial charge in [-0.1, -0.05) is 24.1 Å². The van der Waals surface area contributed by atoms with Gasteiger partial charge in [-0.25, -0.2) is 0 Å². The first-order valence-corrected chi connectivity index (χ1v) is 8.15. The van der Waals surface area contributed by atoms with Crippen molar-refractivity contribution >= 4 is 23.0 Å². The van der Waals surface area contributed by atoms with Crippen molar-refractivity contribution in [3.63, 3.8) is 0 Å². The summed E-state index contributed by atoms with van der Waals surface area (Å²) in [6.45, 7) is 3.57. The van der Waals surface area contributed by atoms with Crippen molar-refractivity contribution in [2.75, 3.05) is 13.1 Å². The Labute approximate surface area is 123 Å². The van der Waals surface area contributed by atoms with Gasteiger partial charge in [-0.05, 0) is 31.2 Å². The molecule has 3 rings (SSSR count). The summed E-state index contributed by atoms with van der Waals surface area (Å²) in [5.41, 5.74) is 0.0783. The third-order valence-corrected chi connectivity index (χ3v) is 4.93. The minimum atomic E-state index is -0.816. The van der Waals surface area contributed by atoms with E-state index < -0.39 is 5.60 Å². The average Bonchev–Trinajstić information content (AvgIpc) is 3.02. The number of likely N-dealkylation sites (tertiary alicyclic amines) is 1. The number of thiophene rings is 1. The summed E-state index contributed by atoms with van der Waals surface area (Å²) in [6.07, 6.45) is 5.21. The van der Waals surface area contributed by atoms with Crippen LogP contribution >= 0.6 is 11.3 Å². The number of amides is 1. The van der Waals surface area contributed by atoms with Crippen molar-refractivity contribution < 1.29 is 9.63 Å². The van der Waals surface area contributed by atoms with Gasteiger partial charge in [0.2, 0.25) is 5.60 Å². The predicted octanol–water partition coefficient (Wildman–Crippen LogP) is 3.03. The quantitative estimate of drug-likeness (QED) is 0.841. The summed E-state index contributed by atoms with van der Waals surface area (Å²) < 4.78 is 0. The SMILES string of the molecule is C[C@@]1(C(=O)N2CCCCCC2)CC(c2cccs2)=NO1. The standard InChI is InChI=1S/C15H20N2O2S/c1-15(14(18)17-8-4-2-3-5-9-17)11-12(16-19-15)13-7-6-10-20-13/h6-7,10H,2-5,8-9,11H2,1H3/t15-/m0/s1. The van der Waals surface area contributed by atoms with Gasteiger partial charge in [0.05, 0.1) is 4.88 Å². The molecule has 1 amide bonds. The lowest BCUT2D eigenvalue weighted by Gasteiger charge is -2.28. The summed E-state index contributed by atoms with van der Waals surface area (Å²) in [5, 5.41) is 6.17. The topological polar surface area (TPSA) is 41.9 Å². The van der Waals surface area contributed by atoms with Crippen LogP contribution in [0.2, 0.25) is 0 Å². The zero-order valence-electron chi connectivity index (χ0n) is 11.8. The Morgan fingerprint density at radius 1 is 1.35 bits per heavy atom. The van der Waals surface area contributed by atoms with Crippen molar-refractivity contribution in [1.82, 2.24) is 4.90 Å². The lowest BCUT2D eigenvalue weighted by Crippen LogP contribution is -2.47. The molecular formula is C15H20N2O2S. The van der Waals surface area contributed by atoms with Crippen molar-refractivity contribution in [3.8, 4) is 0 Å². The Bertz CT molecular complexity index is 504. The van der Waals surface area contributed by atoms with Gasteiger partial charge < -0.3 is 9.74 Å². The molecule has 0 unspecified atom stereocenters. The van der Waals surface area contributed by atoms with Gasteiger partial charge in [0, 0.05) is 19.5 Å². The van der Waals surface area contributed by atoms with Crippen LogP contribution < -0.4 is 0 Å². The van der Waals surface area contributed by atoms with Gasteiger partial charge in [0.15, 0.2) is 0 Å². The lowest BCUT2D eigenvalue weighted by atomic mass is 9.97. The van der Waals surface area contributed by atoms with Crippen LogP contribution in [0.4, 0.5) is 0 Å². The molecule has 5 heteroatoms. The molecule has 0 saturated carbocycles. The van der Waals surface area contributed by atoms with Crippen molar-refractivity contribution in [3.05, 3.63) is 22.4 Å². The summed E-state index contributed by atoms with van der Waals surface area (Å²) in [7, 11) is 0. The van der Waals surface area contributed by atoms with E-state index in [1.165, 1.54) is 12.8 Å². The Morgan fingerprint density at radius 2 is 2.10 bits per heavy atom. The van der Waals surface area contributed by atoms with E-state index in [-0.39, 0.29) is 5.91 Å². The minimum Gasteiger partial charge on any atom is -0.379 e. The molecule has 2 aliphatic heterocycles. The van der Waals surface area contributed by atoms with Gasteiger partial charge >= 0.3 is 0 Å². The van der Waals surface area contributed by atoms with Crippen LogP contribution in [0.3, 0.4) is 0 Å². The molecule has 2 aliphatic rings. The van der Waals surface area contributed by atoms with Crippen LogP contribution in [-0.2, 0) is 9.63 Å². The first-order chi connectivity index (χ1) is 9.69. The first kappa shape index (κ1) is 13.6. The van der Waals surface area contributed by atoms with Crippen LogP contribution in [-0.4, -0.2) is 35.2 Å². The molecule has 4 nitrogen and oxygen atoms in total. The third-order valence-electron chi connectivity index (χ3n) is 4.01. The number of hydrogen-bond acceptors (Lipinski definition) is 4. The van der Waals surface area contributed by atoms with Crippen molar-refractivity contribution in [2.45, 2.75) is 44.6 Å². The predicted molar refractivity (Wildman–Crippen MR) is 80.0 cm³/mol. The molecule has 1 aromatic rings. The number of carbonyl (C=O) groups is 1. The van der Waals surface area contributed by atoms with Crippen LogP contribution in [0.1, 0.15) is 43.9 Å². The van der Waals surface area contributed by atoms with Gasteiger partial charge in [-0.2, -0.15) is 0 Å². The van der Waals surface area contributed by atoms with E-state index in [1.54, 1.807) is 11.3 Å². The number of carbonyl (C=O) groups excluding carboxylic acids is 1. The van der Waals surface area contributed by atoms with Crippen LogP contribution in [0.15, 0.2) is 22.7 Å². The molecular weight excluding hydrogens is 272 g/mol. The van der Waals surface area contributed by atoms with Gasteiger partial charge in [0.25, 0.3) is 5.91 Å². The smallest absolute Gasteiger partial charge is 0.269 e. The van der Waals surface area contributed by atoms with Crippen LogP contribution in [0.5, 0.6) is 0 Å². The maximum atomic E-state index is 12.7. The maximum absolute atomic E-state index is 12.7. The van der Waals surface area contributed by atoms with Crippen molar-refractivity contribution in [2.24, 2.45) is 5.16 Å². The molecule has 1 aromatic heterocycles. The average molecular weight is 292 g/mol.